The summed E-state index contributed by atoms with van der Waals surface area (Å²) < 4.78 is 2.20. The zero-order valence-electron chi connectivity index (χ0n) is 15.9. The van der Waals surface area contributed by atoms with E-state index in [1.807, 2.05) is 17.9 Å². The number of carbonyl (C=O) groups excluding carboxylic acids is 1. The van der Waals surface area contributed by atoms with Gasteiger partial charge in [0.1, 0.15) is 5.82 Å². The van der Waals surface area contributed by atoms with Gasteiger partial charge in [0, 0.05) is 43.2 Å². The molecule has 0 unspecified atom stereocenters. The molecular weight excluding hydrogens is 358 g/mol. The van der Waals surface area contributed by atoms with Crippen LogP contribution in [0.3, 0.4) is 0 Å². The van der Waals surface area contributed by atoms with Crippen LogP contribution in [-0.2, 0) is 11.3 Å². The second kappa shape index (κ2) is 8.97. The lowest BCUT2D eigenvalue weighted by atomic mass is 9.96. The van der Waals surface area contributed by atoms with Crippen LogP contribution in [0.5, 0.6) is 0 Å². The van der Waals surface area contributed by atoms with Crippen molar-refractivity contribution in [1.29, 1.82) is 0 Å². The van der Waals surface area contributed by atoms with E-state index < -0.39 is 0 Å². The molecule has 0 saturated carbocycles. The molecule has 2 saturated heterocycles. The number of hydrogen-bond acceptors (Lipinski definition) is 5. The fourth-order valence-electron chi connectivity index (χ4n) is 4.34. The van der Waals surface area contributed by atoms with E-state index >= 15 is 0 Å². The van der Waals surface area contributed by atoms with E-state index in [1.54, 1.807) is 11.3 Å². The number of likely N-dealkylation sites (tertiary alicyclic amines) is 2. The standard InChI is InChI=1S/C20H29N5OS/c26-19(6-4-10-23-8-1-2-9-23)24-11-3-5-17(13-24)20-21-7-12-25(20)14-18-15-27-16-22-18/h7,12,15-17H,1-6,8-11,13-14H2/t17-/m1/s1. The summed E-state index contributed by atoms with van der Waals surface area (Å²) in [4.78, 5) is 26.3. The molecule has 0 aromatic carbocycles. The number of imidazole rings is 1. The molecule has 7 heteroatoms. The molecule has 1 atom stereocenters. The number of amides is 1. The van der Waals surface area contributed by atoms with Crippen LogP contribution < -0.4 is 0 Å². The first-order valence-electron chi connectivity index (χ1n) is 10.2. The van der Waals surface area contributed by atoms with Crippen LogP contribution in [0.1, 0.15) is 56.0 Å². The van der Waals surface area contributed by atoms with Gasteiger partial charge in [-0.1, -0.05) is 0 Å². The van der Waals surface area contributed by atoms with Gasteiger partial charge in [0.15, 0.2) is 0 Å². The van der Waals surface area contributed by atoms with Crippen LogP contribution in [0.25, 0.3) is 0 Å². The van der Waals surface area contributed by atoms with Crippen molar-refractivity contribution in [2.75, 3.05) is 32.7 Å². The molecule has 2 aliphatic heterocycles. The highest BCUT2D eigenvalue weighted by atomic mass is 32.1. The molecule has 146 valence electrons. The Morgan fingerprint density at radius 3 is 2.89 bits per heavy atom. The molecule has 0 aliphatic carbocycles. The van der Waals surface area contributed by atoms with Crippen molar-refractivity contribution in [1.82, 2.24) is 24.3 Å². The topological polar surface area (TPSA) is 54.3 Å². The third kappa shape index (κ3) is 4.76. The molecule has 2 fully saturated rings. The SMILES string of the molecule is O=C(CCCN1CCCC1)N1CCC[C@@H](c2nccn2Cc2cscn2)C1. The fourth-order valence-corrected chi connectivity index (χ4v) is 4.89. The van der Waals surface area contributed by atoms with Crippen molar-refractivity contribution in [3.05, 3.63) is 34.8 Å². The number of rotatable bonds is 7. The van der Waals surface area contributed by atoms with Gasteiger partial charge in [-0.3, -0.25) is 4.79 Å². The van der Waals surface area contributed by atoms with E-state index in [0.29, 0.717) is 18.2 Å². The lowest BCUT2D eigenvalue weighted by Crippen LogP contribution is -2.40. The van der Waals surface area contributed by atoms with Crippen molar-refractivity contribution in [3.63, 3.8) is 0 Å². The minimum Gasteiger partial charge on any atom is -0.342 e. The quantitative estimate of drug-likeness (QED) is 0.733. The largest absolute Gasteiger partial charge is 0.342 e. The predicted octanol–water partition coefficient (Wildman–Crippen LogP) is 2.97. The highest BCUT2D eigenvalue weighted by Crippen LogP contribution is 2.27. The minimum atomic E-state index is 0.316. The minimum absolute atomic E-state index is 0.316. The maximum Gasteiger partial charge on any atom is 0.222 e. The summed E-state index contributed by atoms with van der Waals surface area (Å²) in [6.45, 7) is 5.95. The van der Waals surface area contributed by atoms with Gasteiger partial charge in [-0.2, -0.15) is 0 Å². The van der Waals surface area contributed by atoms with E-state index in [2.05, 4.69) is 29.7 Å². The summed E-state index contributed by atoms with van der Waals surface area (Å²) in [5.74, 6) is 1.74. The van der Waals surface area contributed by atoms with Crippen molar-refractivity contribution >= 4 is 17.2 Å². The summed E-state index contributed by atoms with van der Waals surface area (Å²) in [5, 5.41) is 2.08. The average Bonchev–Trinajstić information content (AvgIpc) is 3.45. The predicted molar refractivity (Wildman–Crippen MR) is 107 cm³/mol. The van der Waals surface area contributed by atoms with Crippen LogP contribution in [-0.4, -0.2) is 63.0 Å². The van der Waals surface area contributed by atoms with Crippen LogP contribution in [0.4, 0.5) is 0 Å². The number of carbonyl (C=O) groups is 1. The zero-order chi connectivity index (χ0) is 18.5. The molecular formula is C20H29N5OS. The van der Waals surface area contributed by atoms with Crippen LogP contribution in [0.15, 0.2) is 23.3 Å². The van der Waals surface area contributed by atoms with Crippen molar-refractivity contribution in [3.8, 4) is 0 Å². The summed E-state index contributed by atoms with van der Waals surface area (Å²) in [5.41, 5.74) is 2.94. The normalized spacial score (nSPS) is 21.0. The Hall–Kier alpha value is -1.73. The first-order chi connectivity index (χ1) is 13.3. The van der Waals surface area contributed by atoms with E-state index in [9.17, 15) is 4.79 Å². The Morgan fingerprint density at radius 1 is 1.19 bits per heavy atom. The molecule has 6 nitrogen and oxygen atoms in total. The van der Waals surface area contributed by atoms with E-state index in [0.717, 1.165) is 57.0 Å². The first-order valence-corrected chi connectivity index (χ1v) is 11.1. The van der Waals surface area contributed by atoms with E-state index in [1.165, 1.54) is 25.9 Å². The molecule has 0 bridgehead atoms. The highest BCUT2D eigenvalue weighted by molar-refractivity contribution is 7.07. The molecule has 1 amide bonds. The third-order valence-corrected chi connectivity index (χ3v) is 6.40. The van der Waals surface area contributed by atoms with Gasteiger partial charge >= 0.3 is 0 Å². The fraction of sp³-hybridized carbons (Fsp3) is 0.650. The Balaban J connectivity index is 1.31. The molecule has 4 heterocycles. The van der Waals surface area contributed by atoms with Crippen LogP contribution >= 0.6 is 11.3 Å². The highest BCUT2D eigenvalue weighted by Gasteiger charge is 2.27. The lowest BCUT2D eigenvalue weighted by Gasteiger charge is -2.33. The maximum atomic E-state index is 12.7. The monoisotopic (exact) mass is 387 g/mol. The van der Waals surface area contributed by atoms with Crippen molar-refractivity contribution < 1.29 is 4.79 Å². The molecule has 2 aromatic rings. The Labute approximate surface area is 165 Å². The van der Waals surface area contributed by atoms with Gasteiger partial charge in [-0.25, -0.2) is 9.97 Å². The van der Waals surface area contributed by atoms with Gasteiger partial charge < -0.3 is 14.4 Å². The molecule has 0 N–H and O–H groups in total. The van der Waals surface area contributed by atoms with Crippen LogP contribution in [0.2, 0.25) is 0 Å². The second-order valence-corrected chi connectivity index (χ2v) is 8.44. The lowest BCUT2D eigenvalue weighted by molar-refractivity contribution is -0.132. The number of hydrogen-bond donors (Lipinski definition) is 0. The molecule has 2 aromatic heterocycles. The molecule has 2 aliphatic rings. The van der Waals surface area contributed by atoms with Crippen molar-refractivity contribution in [2.24, 2.45) is 0 Å². The van der Waals surface area contributed by atoms with Gasteiger partial charge in [-0.15, -0.1) is 11.3 Å². The zero-order valence-corrected chi connectivity index (χ0v) is 16.7. The summed E-state index contributed by atoms with van der Waals surface area (Å²) in [6, 6.07) is 0. The van der Waals surface area contributed by atoms with Gasteiger partial charge in [0.25, 0.3) is 0 Å². The van der Waals surface area contributed by atoms with Crippen molar-refractivity contribution in [2.45, 2.75) is 51.0 Å². The number of aromatic nitrogens is 3. The average molecular weight is 388 g/mol. The summed E-state index contributed by atoms with van der Waals surface area (Å²) >= 11 is 1.62. The molecule has 27 heavy (non-hydrogen) atoms. The van der Waals surface area contributed by atoms with Crippen LogP contribution in [0, 0.1) is 0 Å². The van der Waals surface area contributed by atoms with Gasteiger partial charge in [-0.05, 0) is 51.7 Å². The maximum absolute atomic E-state index is 12.7. The summed E-state index contributed by atoms with van der Waals surface area (Å²) in [6.07, 6.45) is 10.4. The Kier molecular flexibility index (Phi) is 6.19. The summed E-state index contributed by atoms with van der Waals surface area (Å²) in [7, 11) is 0. The molecule has 0 spiro atoms. The molecule has 4 rings (SSSR count). The first kappa shape index (κ1) is 18.6. The molecule has 0 radical (unpaired) electrons. The Morgan fingerprint density at radius 2 is 2.07 bits per heavy atom. The number of piperidine rings is 1. The Bertz CT molecular complexity index is 723. The third-order valence-electron chi connectivity index (χ3n) is 5.77. The van der Waals surface area contributed by atoms with E-state index in [-0.39, 0.29) is 0 Å². The second-order valence-electron chi connectivity index (χ2n) is 7.72. The van der Waals surface area contributed by atoms with Gasteiger partial charge in [0.2, 0.25) is 5.91 Å². The van der Waals surface area contributed by atoms with Gasteiger partial charge in [0.05, 0.1) is 17.7 Å². The van der Waals surface area contributed by atoms with E-state index in [4.69, 9.17) is 0 Å². The smallest absolute Gasteiger partial charge is 0.222 e. The number of nitrogens with zero attached hydrogens (tertiary/aromatic N) is 5. The number of thiazole rings is 1.